The number of fused-ring (bicyclic) bond motifs is 1. The van der Waals surface area contributed by atoms with Gasteiger partial charge in [-0.25, -0.2) is 0 Å². The Morgan fingerprint density at radius 3 is 2.74 bits per heavy atom. The number of hydrogen-bond donors (Lipinski definition) is 1. The van der Waals surface area contributed by atoms with Crippen molar-refractivity contribution in [2.45, 2.75) is 25.6 Å². The van der Waals surface area contributed by atoms with Crippen LogP contribution in [0.2, 0.25) is 5.02 Å². The minimum atomic E-state index is -4.00. The molecule has 1 aromatic carbocycles. The van der Waals surface area contributed by atoms with Gasteiger partial charge >= 0.3 is 0 Å². The zero-order chi connectivity index (χ0) is 14.2. The van der Waals surface area contributed by atoms with Gasteiger partial charge in [-0.2, -0.15) is 13.0 Å². The molecule has 2 unspecified atom stereocenters. The van der Waals surface area contributed by atoms with Crippen molar-refractivity contribution in [1.29, 1.82) is 0 Å². The molecule has 0 bridgehead atoms. The zero-order valence-corrected chi connectivity index (χ0v) is 13.0. The van der Waals surface area contributed by atoms with Gasteiger partial charge < -0.3 is 0 Å². The van der Waals surface area contributed by atoms with Crippen LogP contribution in [-0.2, 0) is 16.7 Å². The van der Waals surface area contributed by atoms with Gasteiger partial charge in [0.15, 0.2) is 6.54 Å². The van der Waals surface area contributed by atoms with Crippen molar-refractivity contribution in [2.75, 3.05) is 0 Å². The second kappa shape index (κ2) is 5.36. The lowest BCUT2D eigenvalue weighted by molar-refractivity contribution is -0.673. The lowest BCUT2D eigenvalue weighted by Crippen LogP contribution is -2.40. The molecule has 0 fully saturated rings. The molecule has 0 amide bonds. The highest BCUT2D eigenvalue weighted by Crippen LogP contribution is 2.21. The van der Waals surface area contributed by atoms with Crippen molar-refractivity contribution >= 4 is 43.3 Å². The third-order valence-electron chi connectivity index (χ3n) is 3.29. The highest BCUT2D eigenvalue weighted by Gasteiger charge is 2.28. The molecule has 2 rings (SSSR count). The van der Waals surface area contributed by atoms with Crippen LogP contribution in [0.1, 0.15) is 13.8 Å². The molecule has 0 spiro atoms. The van der Waals surface area contributed by atoms with Crippen LogP contribution in [0.5, 0.6) is 0 Å². The highest BCUT2D eigenvalue weighted by atomic mass is 35.5. The van der Waals surface area contributed by atoms with E-state index in [0.29, 0.717) is 11.6 Å². The third-order valence-corrected chi connectivity index (χ3v) is 5.89. The number of aromatic nitrogens is 1. The van der Waals surface area contributed by atoms with Crippen molar-refractivity contribution < 1.29 is 17.5 Å². The fourth-order valence-electron chi connectivity index (χ4n) is 1.89. The summed E-state index contributed by atoms with van der Waals surface area (Å²) in [4.78, 5) is 0. The maximum atomic E-state index is 11.1. The average Bonchev–Trinajstić information content (AvgIpc) is 2.69. The number of thiazole rings is 1. The first kappa shape index (κ1) is 14.7. The van der Waals surface area contributed by atoms with Crippen LogP contribution in [0.3, 0.4) is 0 Å². The van der Waals surface area contributed by atoms with Gasteiger partial charge in [-0.05, 0) is 19.1 Å². The number of nitrogens with zero attached hydrogens (tertiary/aromatic N) is 1. The standard InChI is InChI=1S/C12H14ClNO3S2/c1-8(9(2)19(15,16)17)6-14-7-18-12-4-3-10(13)5-11(12)14/h3-5,7-9H,6H2,1-2H3/p+1. The Morgan fingerprint density at radius 1 is 1.42 bits per heavy atom. The molecular formula is C12H15ClNO3S2+. The highest BCUT2D eigenvalue weighted by molar-refractivity contribution is 7.86. The minimum absolute atomic E-state index is 0.197. The first-order valence-electron chi connectivity index (χ1n) is 5.81. The van der Waals surface area contributed by atoms with Gasteiger partial charge in [-0.15, -0.1) is 0 Å². The minimum Gasteiger partial charge on any atom is -0.285 e. The number of halogens is 1. The van der Waals surface area contributed by atoms with E-state index in [1.807, 2.05) is 28.3 Å². The molecule has 1 N–H and O–H groups in total. The molecule has 2 aromatic rings. The van der Waals surface area contributed by atoms with Gasteiger partial charge in [-0.1, -0.05) is 29.9 Å². The predicted molar refractivity (Wildman–Crippen MR) is 77.2 cm³/mol. The van der Waals surface area contributed by atoms with E-state index in [1.165, 1.54) is 6.92 Å². The molecule has 0 aliphatic rings. The van der Waals surface area contributed by atoms with Crippen LogP contribution in [-0.4, -0.2) is 18.2 Å². The Balaban J connectivity index is 2.29. The fourth-order valence-corrected chi connectivity index (χ4v) is 3.61. The van der Waals surface area contributed by atoms with Crippen molar-refractivity contribution in [2.24, 2.45) is 5.92 Å². The lowest BCUT2D eigenvalue weighted by Gasteiger charge is -2.13. The molecule has 4 nitrogen and oxygen atoms in total. The molecule has 0 aliphatic carbocycles. The molecule has 19 heavy (non-hydrogen) atoms. The summed E-state index contributed by atoms with van der Waals surface area (Å²) in [6.07, 6.45) is 0. The van der Waals surface area contributed by atoms with Crippen LogP contribution < -0.4 is 4.57 Å². The Kier molecular flexibility index (Phi) is 4.15. The van der Waals surface area contributed by atoms with Gasteiger partial charge in [0.1, 0.15) is 4.70 Å². The maximum absolute atomic E-state index is 11.1. The summed E-state index contributed by atoms with van der Waals surface area (Å²) in [5.74, 6) is -0.197. The van der Waals surface area contributed by atoms with E-state index in [1.54, 1.807) is 18.3 Å². The summed E-state index contributed by atoms with van der Waals surface area (Å²) in [5.41, 5.74) is 2.92. The SMILES string of the molecule is CC(C[n+]1csc2ccc(Cl)cc21)C(C)S(=O)(=O)O. The molecule has 104 valence electrons. The second-order valence-corrected chi connectivity index (χ2v) is 7.78. The van der Waals surface area contributed by atoms with Gasteiger partial charge in [0, 0.05) is 17.0 Å². The monoisotopic (exact) mass is 320 g/mol. The van der Waals surface area contributed by atoms with Crippen LogP contribution in [0, 0.1) is 5.92 Å². The van der Waals surface area contributed by atoms with Crippen molar-refractivity contribution in [3.8, 4) is 0 Å². The fraction of sp³-hybridized carbons (Fsp3) is 0.417. The molecular weight excluding hydrogens is 306 g/mol. The molecule has 1 aromatic heterocycles. The van der Waals surface area contributed by atoms with Gasteiger partial charge in [0.25, 0.3) is 10.1 Å². The Labute approximate surface area is 121 Å². The smallest absolute Gasteiger partial charge is 0.268 e. The van der Waals surface area contributed by atoms with E-state index >= 15 is 0 Å². The molecule has 1 heterocycles. The molecule has 0 aliphatic heterocycles. The third kappa shape index (κ3) is 3.25. The van der Waals surface area contributed by atoms with Crippen LogP contribution in [0.15, 0.2) is 23.7 Å². The normalized spacial score (nSPS) is 15.6. The van der Waals surface area contributed by atoms with E-state index in [-0.39, 0.29) is 5.92 Å². The van der Waals surface area contributed by atoms with Crippen molar-refractivity contribution in [1.82, 2.24) is 0 Å². The lowest BCUT2D eigenvalue weighted by atomic mass is 10.1. The van der Waals surface area contributed by atoms with E-state index in [0.717, 1.165) is 10.2 Å². The van der Waals surface area contributed by atoms with Gasteiger partial charge in [0.2, 0.25) is 11.0 Å². The van der Waals surface area contributed by atoms with Crippen molar-refractivity contribution in [3.63, 3.8) is 0 Å². The molecule has 0 saturated carbocycles. The number of rotatable bonds is 4. The van der Waals surface area contributed by atoms with Crippen LogP contribution in [0.25, 0.3) is 10.2 Å². The molecule has 0 saturated heterocycles. The summed E-state index contributed by atoms with van der Waals surface area (Å²) in [5, 5.41) is -0.149. The maximum Gasteiger partial charge on any atom is 0.268 e. The van der Waals surface area contributed by atoms with Gasteiger partial charge in [-0.3, -0.25) is 4.55 Å². The number of benzene rings is 1. The average molecular weight is 321 g/mol. The van der Waals surface area contributed by atoms with Crippen LogP contribution >= 0.6 is 22.9 Å². The zero-order valence-electron chi connectivity index (χ0n) is 10.6. The summed E-state index contributed by atoms with van der Waals surface area (Å²) in [7, 11) is -4.00. The second-order valence-electron chi connectivity index (χ2n) is 4.69. The van der Waals surface area contributed by atoms with E-state index in [2.05, 4.69) is 0 Å². The number of hydrogen-bond acceptors (Lipinski definition) is 3. The van der Waals surface area contributed by atoms with E-state index in [9.17, 15) is 8.42 Å². The first-order chi connectivity index (χ1) is 8.79. The Morgan fingerprint density at radius 2 is 2.11 bits per heavy atom. The quantitative estimate of drug-likeness (QED) is 0.696. The van der Waals surface area contributed by atoms with Gasteiger partial charge in [0.05, 0.1) is 5.25 Å². The predicted octanol–water partition coefficient (Wildman–Crippen LogP) is 2.75. The van der Waals surface area contributed by atoms with E-state index < -0.39 is 15.4 Å². The Bertz CT molecular complexity index is 696. The van der Waals surface area contributed by atoms with Crippen molar-refractivity contribution in [3.05, 3.63) is 28.7 Å². The first-order valence-corrected chi connectivity index (χ1v) is 8.57. The topological polar surface area (TPSA) is 58.2 Å². The molecule has 2 atom stereocenters. The summed E-state index contributed by atoms with van der Waals surface area (Å²) in [6.45, 7) is 3.84. The molecule has 7 heteroatoms. The summed E-state index contributed by atoms with van der Waals surface area (Å²) in [6, 6.07) is 5.63. The summed E-state index contributed by atoms with van der Waals surface area (Å²) >= 11 is 7.55. The van der Waals surface area contributed by atoms with Crippen LogP contribution in [0.4, 0.5) is 0 Å². The Hall–Kier alpha value is -0.690. The largest absolute Gasteiger partial charge is 0.285 e. The van der Waals surface area contributed by atoms with E-state index in [4.69, 9.17) is 16.2 Å². The molecule has 0 radical (unpaired) electrons. The summed E-state index contributed by atoms with van der Waals surface area (Å²) < 4.78 is 34.4.